The molecule has 0 aliphatic rings. The Morgan fingerprint density at radius 3 is 3.10 bits per heavy atom. The van der Waals surface area contributed by atoms with E-state index in [0.29, 0.717) is 17.4 Å². The molecule has 0 saturated heterocycles. The maximum atomic E-state index is 5.35. The molecule has 0 fully saturated rings. The monoisotopic (exact) mass is 273 g/mol. The van der Waals surface area contributed by atoms with Gasteiger partial charge in [-0.25, -0.2) is 5.84 Å². The van der Waals surface area contributed by atoms with E-state index in [1.807, 2.05) is 16.9 Å². The molecule has 104 valence electrons. The zero-order chi connectivity index (χ0) is 13.8. The molecule has 0 amide bonds. The summed E-state index contributed by atoms with van der Waals surface area (Å²) in [5, 5.41) is 15.0. The number of fused-ring (bicyclic) bond motifs is 1. The molecular weight excluding hydrogens is 258 g/mol. The van der Waals surface area contributed by atoms with E-state index in [0.717, 1.165) is 24.9 Å². The number of aromatic amines is 1. The summed E-state index contributed by atoms with van der Waals surface area (Å²) in [5.41, 5.74) is 3.08. The van der Waals surface area contributed by atoms with Gasteiger partial charge in [0.15, 0.2) is 5.65 Å². The molecule has 9 heteroatoms. The Bertz CT molecular complexity index is 672. The summed E-state index contributed by atoms with van der Waals surface area (Å²) >= 11 is 0. The minimum absolute atomic E-state index is 0.344. The van der Waals surface area contributed by atoms with E-state index in [4.69, 9.17) is 5.84 Å². The molecule has 3 rings (SSSR count). The van der Waals surface area contributed by atoms with Crippen molar-refractivity contribution < 1.29 is 0 Å². The van der Waals surface area contributed by atoms with Gasteiger partial charge in [-0.15, -0.1) is 0 Å². The van der Waals surface area contributed by atoms with E-state index >= 15 is 0 Å². The summed E-state index contributed by atoms with van der Waals surface area (Å²) < 4.78 is 1.89. The van der Waals surface area contributed by atoms with Crippen molar-refractivity contribution in [2.45, 2.75) is 13.0 Å². The minimum Gasteiger partial charge on any atom is -0.369 e. The average molecular weight is 273 g/mol. The fraction of sp³-hybridized carbons (Fsp3) is 0.273. The largest absolute Gasteiger partial charge is 0.369 e. The van der Waals surface area contributed by atoms with Crippen LogP contribution in [0.25, 0.3) is 11.0 Å². The standard InChI is InChI=1S/C11H15N9/c12-18-11-16-9(8-7-14-19-10(8)17-11)13-3-1-5-20-6-2-4-15-20/h2,4,6-7H,1,3,5,12H2,(H3,13,14,16,17,18,19). The van der Waals surface area contributed by atoms with Gasteiger partial charge in [0.05, 0.1) is 11.6 Å². The third-order valence-electron chi connectivity index (χ3n) is 2.85. The molecule has 0 unspecified atom stereocenters. The molecule has 3 aromatic rings. The first-order valence-corrected chi connectivity index (χ1v) is 6.26. The molecule has 0 saturated carbocycles. The van der Waals surface area contributed by atoms with Crippen LogP contribution < -0.4 is 16.6 Å². The number of nitrogens with zero attached hydrogens (tertiary/aromatic N) is 5. The van der Waals surface area contributed by atoms with Gasteiger partial charge in [0.1, 0.15) is 5.82 Å². The molecule has 5 N–H and O–H groups in total. The van der Waals surface area contributed by atoms with Gasteiger partial charge in [-0.2, -0.15) is 20.2 Å². The topological polar surface area (TPSA) is 122 Å². The van der Waals surface area contributed by atoms with Gasteiger partial charge in [-0.3, -0.25) is 15.2 Å². The van der Waals surface area contributed by atoms with Crippen molar-refractivity contribution >= 4 is 22.8 Å². The van der Waals surface area contributed by atoms with Gasteiger partial charge in [0, 0.05) is 25.5 Å². The van der Waals surface area contributed by atoms with Gasteiger partial charge in [-0.05, 0) is 12.5 Å². The summed E-state index contributed by atoms with van der Waals surface area (Å²) in [7, 11) is 0. The van der Waals surface area contributed by atoms with Crippen LogP contribution in [0.2, 0.25) is 0 Å². The summed E-state index contributed by atoms with van der Waals surface area (Å²) in [5.74, 6) is 6.40. The van der Waals surface area contributed by atoms with Crippen LogP contribution in [-0.2, 0) is 6.54 Å². The van der Waals surface area contributed by atoms with Gasteiger partial charge < -0.3 is 5.32 Å². The summed E-state index contributed by atoms with van der Waals surface area (Å²) in [6.07, 6.45) is 6.32. The Hall–Kier alpha value is -2.68. The molecule has 0 spiro atoms. The number of hydrogen-bond donors (Lipinski definition) is 4. The second-order valence-corrected chi connectivity index (χ2v) is 4.22. The number of anilines is 2. The number of nitrogens with two attached hydrogens (primary N) is 1. The zero-order valence-corrected chi connectivity index (χ0v) is 10.7. The fourth-order valence-corrected chi connectivity index (χ4v) is 1.91. The maximum absolute atomic E-state index is 5.35. The normalized spacial score (nSPS) is 10.8. The lowest BCUT2D eigenvalue weighted by Crippen LogP contribution is -2.13. The van der Waals surface area contributed by atoms with Crippen LogP contribution in [0.5, 0.6) is 0 Å². The average Bonchev–Trinajstić information content (AvgIpc) is 3.13. The van der Waals surface area contributed by atoms with Gasteiger partial charge in [0.25, 0.3) is 0 Å². The third-order valence-corrected chi connectivity index (χ3v) is 2.85. The van der Waals surface area contributed by atoms with Crippen molar-refractivity contribution in [3.63, 3.8) is 0 Å². The number of nitrogens with one attached hydrogen (secondary N) is 3. The second-order valence-electron chi connectivity index (χ2n) is 4.22. The Morgan fingerprint density at radius 1 is 1.35 bits per heavy atom. The van der Waals surface area contributed by atoms with E-state index in [-0.39, 0.29) is 0 Å². The van der Waals surface area contributed by atoms with Crippen LogP contribution in [0.15, 0.2) is 24.7 Å². The first-order chi connectivity index (χ1) is 9.86. The van der Waals surface area contributed by atoms with Crippen molar-refractivity contribution in [2.24, 2.45) is 5.84 Å². The lowest BCUT2D eigenvalue weighted by Gasteiger charge is -2.08. The molecule has 0 atom stereocenters. The molecular formula is C11H15N9. The van der Waals surface area contributed by atoms with E-state index in [9.17, 15) is 0 Å². The van der Waals surface area contributed by atoms with Crippen LogP contribution in [-0.4, -0.2) is 36.5 Å². The Labute approximate surface area is 114 Å². The first kappa shape index (κ1) is 12.4. The number of nitrogen functional groups attached to an aromatic ring is 1. The highest BCUT2D eigenvalue weighted by Gasteiger charge is 2.08. The quantitative estimate of drug-likeness (QED) is 0.290. The summed E-state index contributed by atoms with van der Waals surface area (Å²) in [4.78, 5) is 8.45. The van der Waals surface area contributed by atoms with E-state index in [1.165, 1.54) is 0 Å². The second kappa shape index (κ2) is 5.53. The van der Waals surface area contributed by atoms with Crippen molar-refractivity contribution in [3.8, 4) is 0 Å². The summed E-state index contributed by atoms with van der Waals surface area (Å²) in [6.45, 7) is 1.61. The van der Waals surface area contributed by atoms with Crippen LogP contribution >= 0.6 is 0 Å². The van der Waals surface area contributed by atoms with Crippen molar-refractivity contribution in [1.82, 2.24) is 29.9 Å². The van der Waals surface area contributed by atoms with Crippen molar-refractivity contribution in [2.75, 3.05) is 17.3 Å². The number of aromatic nitrogens is 6. The highest BCUT2D eigenvalue weighted by Crippen LogP contribution is 2.19. The van der Waals surface area contributed by atoms with Crippen LogP contribution in [0.3, 0.4) is 0 Å². The SMILES string of the molecule is NNc1nc(NCCCn2cccn2)c2cn[nH]c2n1. The van der Waals surface area contributed by atoms with Gasteiger partial charge in [0.2, 0.25) is 5.95 Å². The van der Waals surface area contributed by atoms with Crippen LogP contribution in [0.4, 0.5) is 11.8 Å². The third kappa shape index (κ3) is 2.52. The van der Waals surface area contributed by atoms with Gasteiger partial charge >= 0.3 is 0 Å². The fourth-order valence-electron chi connectivity index (χ4n) is 1.91. The minimum atomic E-state index is 0.344. The number of hydrogen-bond acceptors (Lipinski definition) is 7. The van der Waals surface area contributed by atoms with Crippen molar-refractivity contribution in [1.29, 1.82) is 0 Å². The highest BCUT2D eigenvalue weighted by atomic mass is 15.3. The molecule has 0 aliphatic carbocycles. The smallest absolute Gasteiger partial charge is 0.241 e. The molecule has 0 radical (unpaired) electrons. The lowest BCUT2D eigenvalue weighted by molar-refractivity contribution is 0.591. The molecule has 0 aromatic carbocycles. The van der Waals surface area contributed by atoms with E-state index < -0.39 is 0 Å². The predicted octanol–water partition coefficient (Wildman–Crippen LogP) is 0.337. The summed E-state index contributed by atoms with van der Waals surface area (Å²) in [6, 6.07) is 1.91. The molecule has 0 aliphatic heterocycles. The maximum Gasteiger partial charge on any atom is 0.241 e. The molecule has 3 heterocycles. The van der Waals surface area contributed by atoms with E-state index in [1.54, 1.807) is 12.4 Å². The zero-order valence-electron chi connectivity index (χ0n) is 10.7. The number of hydrazine groups is 1. The van der Waals surface area contributed by atoms with Gasteiger partial charge in [-0.1, -0.05) is 0 Å². The van der Waals surface area contributed by atoms with Crippen LogP contribution in [0, 0.1) is 0 Å². The Balaban J connectivity index is 1.65. The van der Waals surface area contributed by atoms with Crippen molar-refractivity contribution in [3.05, 3.63) is 24.7 Å². The molecule has 0 bridgehead atoms. The number of rotatable bonds is 6. The van der Waals surface area contributed by atoms with E-state index in [2.05, 4.69) is 36.0 Å². The number of aryl methyl sites for hydroxylation is 1. The molecule has 3 aromatic heterocycles. The highest BCUT2D eigenvalue weighted by molar-refractivity contribution is 5.86. The molecule has 9 nitrogen and oxygen atoms in total. The lowest BCUT2D eigenvalue weighted by atomic mass is 10.3. The molecule has 20 heavy (non-hydrogen) atoms. The predicted molar refractivity (Wildman–Crippen MR) is 74.8 cm³/mol. The number of H-pyrrole nitrogens is 1. The Morgan fingerprint density at radius 2 is 2.30 bits per heavy atom. The van der Waals surface area contributed by atoms with Crippen LogP contribution in [0.1, 0.15) is 6.42 Å². The Kier molecular flexibility index (Phi) is 3.42. The first-order valence-electron chi connectivity index (χ1n) is 6.26.